The molecule has 3 unspecified atom stereocenters. The molecule has 2 saturated carbocycles. The van der Waals surface area contributed by atoms with Crippen molar-refractivity contribution in [1.82, 2.24) is 0 Å². The lowest BCUT2D eigenvalue weighted by atomic mass is 9.49. The summed E-state index contributed by atoms with van der Waals surface area (Å²) in [6.07, 6.45) is 20.5. The fourth-order valence-electron chi connectivity index (χ4n) is 7.19. The van der Waals surface area contributed by atoms with Crippen LogP contribution in [-0.2, 0) is 9.47 Å². The molecule has 2 nitrogen and oxygen atoms in total. The summed E-state index contributed by atoms with van der Waals surface area (Å²) >= 11 is 0. The van der Waals surface area contributed by atoms with Crippen LogP contribution in [0.15, 0.2) is 11.6 Å². The molecular weight excluding hydrogens is 344 g/mol. The molecule has 0 amide bonds. The number of rotatable bonds is 5. The van der Waals surface area contributed by atoms with Crippen LogP contribution < -0.4 is 0 Å². The second kappa shape index (κ2) is 8.42. The first-order chi connectivity index (χ1) is 13.4. The fourth-order valence-corrected chi connectivity index (χ4v) is 7.19. The zero-order valence-electron chi connectivity index (χ0n) is 19.0. The van der Waals surface area contributed by atoms with Gasteiger partial charge in [-0.3, -0.25) is 0 Å². The smallest absolute Gasteiger partial charge is 0.158 e. The van der Waals surface area contributed by atoms with Crippen molar-refractivity contribution in [2.24, 2.45) is 22.7 Å². The van der Waals surface area contributed by atoms with Gasteiger partial charge in [-0.15, -0.1) is 0 Å². The molecule has 0 bridgehead atoms. The minimum atomic E-state index is 0.0280. The summed E-state index contributed by atoms with van der Waals surface area (Å²) in [5, 5.41) is 0. The van der Waals surface area contributed by atoms with Gasteiger partial charge < -0.3 is 9.47 Å². The molecule has 4 aliphatic rings. The van der Waals surface area contributed by atoms with Crippen molar-refractivity contribution >= 4 is 0 Å². The van der Waals surface area contributed by atoms with Crippen molar-refractivity contribution in [3.63, 3.8) is 0 Å². The second-order valence-electron chi connectivity index (χ2n) is 11.2. The fraction of sp³-hybridized carbons (Fsp3) is 0.923. The zero-order chi connectivity index (χ0) is 19.8. The van der Waals surface area contributed by atoms with Crippen molar-refractivity contribution in [1.29, 1.82) is 0 Å². The van der Waals surface area contributed by atoms with Crippen LogP contribution in [0.4, 0.5) is 0 Å². The highest BCUT2D eigenvalue weighted by atomic mass is 16.7. The molecule has 0 aromatic carbocycles. The van der Waals surface area contributed by atoms with Gasteiger partial charge in [0.1, 0.15) is 0 Å². The summed E-state index contributed by atoms with van der Waals surface area (Å²) in [6.45, 7) is 9.71. The maximum absolute atomic E-state index is 6.41. The van der Waals surface area contributed by atoms with Crippen LogP contribution in [0.5, 0.6) is 0 Å². The minimum absolute atomic E-state index is 0.0280. The first-order valence-electron chi connectivity index (χ1n) is 12.4. The van der Waals surface area contributed by atoms with Gasteiger partial charge in [0.2, 0.25) is 0 Å². The number of hydrogen-bond donors (Lipinski definition) is 0. The highest BCUT2D eigenvalue weighted by molar-refractivity contribution is 5.24. The molecule has 1 heterocycles. The predicted octanol–water partition coefficient (Wildman–Crippen LogP) is 7.42. The van der Waals surface area contributed by atoms with Crippen molar-refractivity contribution in [3.05, 3.63) is 11.6 Å². The molecule has 28 heavy (non-hydrogen) atoms. The van der Waals surface area contributed by atoms with Crippen molar-refractivity contribution in [2.75, 3.05) is 0 Å². The Kier molecular flexibility index (Phi) is 6.29. The molecule has 0 aromatic rings. The van der Waals surface area contributed by atoms with E-state index in [-0.39, 0.29) is 12.4 Å². The van der Waals surface area contributed by atoms with Crippen molar-refractivity contribution in [2.45, 2.75) is 130 Å². The standard InChI is InChI=1S/C26H44O2/c1-5-6-14-25(3)15-13-23-20(18-25)10-11-21-17-22(12-16-26(21,23)4)28-24-9-7-8-19(2)27-24/h17,19-20,22-24H,5-16,18H2,1-4H3/t19-,20?,22-,23?,24?,25-,26-/m0/s1. The summed E-state index contributed by atoms with van der Waals surface area (Å²) in [4.78, 5) is 0. The van der Waals surface area contributed by atoms with Gasteiger partial charge in [0, 0.05) is 0 Å². The van der Waals surface area contributed by atoms with Gasteiger partial charge in [-0.05, 0) is 100 Å². The third-order valence-electron chi connectivity index (χ3n) is 8.95. The van der Waals surface area contributed by atoms with E-state index in [2.05, 4.69) is 33.8 Å². The molecule has 160 valence electrons. The van der Waals surface area contributed by atoms with Gasteiger partial charge in [-0.2, -0.15) is 0 Å². The molecule has 3 aliphatic carbocycles. The van der Waals surface area contributed by atoms with Crippen LogP contribution in [0.3, 0.4) is 0 Å². The summed E-state index contributed by atoms with van der Waals surface area (Å²) in [5.41, 5.74) is 2.78. The molecule has 3 fully saturated rings. The zero-order valence-corrected chi connectivity index (χ0v) is 19.0. The van der Waals surface area contributed by atoms with Crippen LogP contribution in [0.25, 0.3) is 0 Å². The first-order valence-corrected chi connectivity index (χ1v) is 12.4. The summed E-state index contributed by atoms with van der Waals surface area (Å²) in [5.74, 6) is 1.87. The van der Waals surface area contributed by atoms with E-state index in [0.717, 1.165) is 18.3 Å². The molecule has 0 N–H and O–H groups in total. The Balaban J connectivity index is 1.41. The number of fused-ring (bicyclic) bond motifs is 3. The molecule has 2 heteroatoms. The average molecular weight is 389 g/mol. The van der Waals surface area contributed by atoms with Gasteiger partial charge in [-0.1, -0.05) is 45.3 Å². The lowest BCUT2D eigenvalue weighted by Gasteiger charge is -2.56. The highest BCUT2D eigenvalue weighted by Gasteiger charge is 2.50. The topological polar surface area (TPSA) is 18.5 Å². The number of allylic oxidation sites excluding steroid dienone is 1. The lowest BCUT2D eigenvalue weighted by Crippen LogP contribution is -2.46. The summed E-state index contributed by atoms with van der Waals surface area (Å²) in [6, 6.07) is 0. The van der Waals surface area contributed by atoms with Gasteiger partial charge in [0.25, 0.3) is 0 Å². The van der Waals surface area contributed by atoms with Gasteiger partial charge in [-0.25, -0.2) is 0 Å². The SMILES string of the molecule is CCCC[C@@]1(C)CCC2C(CCC3=C[C@@H](OC4CCC[C@H](C)O4)CC[C@@]32C)C1. The number of hydrogen-bond acceptors (Lipinski definition) is 2. The number of unbranched alkanes of at least 4 members (excludes halogenated alkanes) is 1. The molecule has 1 saturated heterocycles. The maximum Gasteiger partial charge on any atom is 0.158 e. The average Bonchev–Trinajstić information content (AvgIpc) is 2.67. The largest absolute Gasteiger partial charge is 0.350 e. The van der Waals surface area contributed by atoms with Crippen molar-refractivity contribution < 1.29 is 9.47 Å². The van der Waals surface area contributed by atoms with Gasteiger partial charge in [0.15, 0.2) is 6.29 Å². The normalized spacial score (nSPS) is 46.4. The van der Waals surface area contributed by atoms with Crippen LogP contribution in [0.2, 0.25) is 0 Å². The van der Waals surface area contributed by atoms with E-state index >= 15 is 0 Å². The molecular formula is C26H44O2. The molecule has 0 aromatic heterocycles. The Labute approximate surface area is 173 Å². The summed E-state index contributed by atoms with van der Waals surface area (Å²) < 4.78 is 12.5. The highest BCUT2D eigenvalue weighted by Crippen LogP contribution is 2.60. The van der Waals surface area contributed by atoms with Crippen LogP contribution >= 0.6 is 0 Å². The van der Waals surface area contributed by atoms with Gasteiger partial charge in [0.05, 0.1) is 12.2 Å². The first kappa shape index (κ1) is 20.9. The van der Waals surface area contributed by atoms with E-state index in [1.54, 1.807) is 5.57 Å². The van der Waals surface area contributed by atoms with Crippen LogP contribution in [0.1, 0.15) is 111 Å². The third-order valence-corrected chi connectivity index (χ3v) is 8.95. The monoisotopic (exact) mass is 388 g/mol. The maximum atomic E-state index is 6.41. The lowest BCUT2D eigenvalue weighted by molar-refractivity contribution is -0.206. The van der Waals surface area contributed by atoms with Crippen LogP contribution in [0, 0.1) is 22.7 Å². The Morgan fingerprint density at radius 3 is 2.75 bits per heavy atom. The van der Waals surface area contributed by atoms with Crippen LogP contribution in [-0.4, -0.2) is 18.5 Å². The molecule has 1 aliphatic heterocycles. The minimum Gasteiger partial charge on any atom is -0.350 e. The Hall–Kier alpha value is -0.340. The Bertz CT molecular complexity index is 569. The second-order valence-corrected chi connectivity index (χ2v) is 11.2. The van der Waals surface area contributed by atoms with Gasteiger partial charge >= 0.3 is 0 Å². The Morgan fingerprint density at radius 1 is 1.11 bits per heavy atom. The molecule has 0 spiro atoms. The van der Waals surface area contributed by atoms with E-state index in [1.165, 1.54) is 77.0 Å². The van der Waals surface area contributed by atoms with Crippen molar-refractivity contribution in [3.8, 4) is 0 Å². The quantitative estimate of drug-likeness (QED) is 0.456. The van der Waals surface area contributed by atoms with E-state index < -0.39 is 0 Å². The summed E-state index contributed by atoms with van der Waals surface area (Å²) in [7, 11) is 0. The third kappa shape index (κ3) is 4.24. The number of ether oxygens (including phenoxy) is 2. The Morgan fingerprint density at radius 2 is 1.96 bits per heavy atom. The molecule has 4 rings (SSSR count). The van der Waals surface area contributed by atoms with E-state index in [9.17, 15) is 0 Å². The molecule has 0 radical (unpaired) electrons. The van der Waals surface area contributed by atoms with E-state index in [1.807, 2.05) is 0 Å². The van der Waals surface area contributed by atoms with E-state index in [4.69, 9.17) is 9.47 Å². The predicted molar refractivity (Wildman–Crippen MR) is 116 cm³/mol. The van der Waals surface area contributed by atoms with E-state index in [0.29, 0.717) is 16.9 Å². The molecule has 7 atom stereocenters.